The van der Waals surface area contributed by atoms with Gasteiger partial charge in [-0.15, -0.1) is 10.2 Å². The number of hydrogen-bond donors (Lipinski definition) is 1. The lowest BCUT2D eigenvalue weighted by molar-refractivity contribution is 0.494. The van der Waals surface area contributed by atoms with Crippen LogP contribution in [0.2, 0.25) is 0 Å². The molecule has 0 unspecified atom stereocenters. The van der Waals surface area contributed by atoms with Crippen molar-refractivity contribution in [2.45, 2.75) is 25.3 Å². The summed E-state index contributed by atoms with van der Waals surface area (Å²) in [5.41, 5.74) is 0.862. The standard InChI is InChI=1S/C12H14N4O/c1-2-9(8-13-6-1)12-16-15-11(17-12)5-7-14-10-3-4-10/h1-2,6,8,10,14H,3-5,7H2. The molecule has 0 atom stereocenters. The molecular formula is C12H14N4O. The fourth-order valence-electron chi connectivity index (χ4n) is 1.63. The number of aromatic nitrogens is 3. The van der Waals surface area contributed by atoms with Gasteiger partial charge in [0, 0.05) is 31.4 Å². The molecule has 2 aromatic heterocycles. The zero-order valence-electron chi connectivity index (χ0n) is 9.47. The average molecular weight is 230 g/mol. The van der Waals surface area contributed by atoms with Crippen molar-refractivity contribution < 1.29 is 4.42 Å². The van der Waals surface area contributed by atoms with Crippen LogP contribution >= 0.6 is 0 Å². The molecular weight excluding hydrogens is 216 g/mol. The molecule has 5 nitrogen and oxygen atoms in total. The van der Waals surface area contributed by atoms with Crippen molar-refractivity contribution in [1.82, 2.24) is 20.5 Å². The van der Waals surface area contributed by atoms with Crippen LogP contribution in [0, 0.1) is 0 Å². The Balaban J connectivity index is 1.61. The van der Waals surface area contributed by atoms with Crippen molar-refractivity contribution in [3.05, 3.63) is 30.4 Å². The van der Waals surface area contributed by atoms with Gasteiger partial charge in [-0.25, -0.2) is 0 Å². The minimum absolute atomic E-state index is 0.541. The maximum absolute atomic E-state index is 5.57. The van der Waals surface area contributed by atoms with Crippen molar-refractivity contribution >= 4 is 0 Å². The van der Waals surface area contributed by atoms with Gasteiger partial charge in [0.15, 0.2) is 0 Å². The summed E-state index contributed by atoms with van der Waals surface area (Å²) in [5, 5.41) is 11.5. The molecule has 0 radical (unpaired) electrons. The third-order valence-electron chi connectivity index (χ3n) is 2.72. The Morgan fingerprint density at radius 3 is 3.06 bits per heavy atom. The van der Waals surface area contributed by atoms with Gasteiger partial charge in [0.25, 0.3) is 0 Å². The minimum atomic E-state index is 0.541. The monoisotopic (exact) mass is 230 g/mol. The topological polar surface area (TPSA) is 63.8 Å². The Hall–Kier alpha value is -1.75. The molecule has 3 rings (SSSR count). The fraction of sp³-hybridized carbons (Fsp3) is 0.417. The lowest BCUT2D eigenvalue weighted by Crippen LogP contribution is -2.19. The Bertz CT molecular complexity index is 478. The molecule has 0 aromatic carbocycles. The van der Waals surface area contributed by atoms with Crippen LogP contribution in [0.25, 0.3) is 11.5 Å². The maximum Gasteiger partial charge on any atom is 0.249 e. The summed E-state index contributed by atoms with van der Waals surface area (Å²) in [6.07, 6.45) is 6.82. The van der Waals surface area contributed by atoms with Crippen molar-refractivity contribution in [3.8, 4) is 11.5 Å². The van der Waals surface area contributed by atoms with Gasteiger partial charge in [0.1, 0.15) is 0 Å². The van der Waals surface area contributed by atoms with Gasteiger partial charge in [-0.1, -0.05) is 0 Å². The van der Waals surface area contributed by atoms with Crippen LogP contribution in [0.4, 0.5) is 0 Å². The van der Waals surface area contributed by atoms with Gasteiger partial charge >= 0.3 is 0 Å². The molecule has 1 fully saturated rings. The predicted octanol–water partition coefficient (Wildman–Crippen LogP) is 1.43. The summed E-state index contributed by atoms with van der Waals surface area (Å²) in [7, 11) is 0. The molecule has 88 valence electrons. The number of hydrogen-bond acceptors (Lipinski definition) is 5. The average Bonchev–Trinajstić information content (AvgIpc) is 3.07. The highest BCUT2D eigenvalue weighted by Crippen LogP contribution is 2.19. The number of nitrogens with one attached hydrogen (secondary N) is 1. The summed E-state index contributed by atoms with van der Waals surface area (Å²) >= 11 is 0. The second-order valence-corrected chi connectivity index (χ2v) is 4.22. The van der Waals surface area contributed by atoms with Gasteiger partial charge in [0.2, 0.25) is 11.8 Å². The molecule has 0 saturated heterocycles. The first kappa shape index (κ1) is 10.4. The summed E-state index contributed by atoms with van der Waals surface area (Å²) in [6.45, 7) is 0.902. The summed E-state index contributed by atoms with van der Waals surface area (Å²) in [5.74, 6) is 1.22. The van der Waals surface area contributed by atoms with Gasteiger partial charge < -0.3 is 9.73 Å². The molecule has 1 N–H and O–H groups in total. The first-order valence-corrected chi connectivity index (χ1v) is 5.88. The minimum Gasteiger partial charge on any atom is -0.421 e. The number of rotatable bonds is 5. The number of nitrogens with zero attached hydrogens (tertiary/aromatic N) is 3. The molecule has 2 aromatic rings. The molecule has 5 heteroatoms. The molecule has 0 amide bonds. The van der Waals surface area contributed by atoms with Gasteiger partial charge in [-0.3, -0.25) is 4.98 Å². The van der Waals surface area contributed by atoms with E-state index in [2.05, 4.69) is 20.5 Å². The van der Waals surface area contributed by atoms with E-state index in [0.29, 0.717) is 11.8 Å². The lowest BCUT2D eigenvalue weighted by Gasteiger charge is -1.97. The Morgan fingerprint density at radius 2 is 2.29 bits per heavy atom. The summed E-state index contributed by atoms with van der Waals surface area (Å²) in [4.78, 5) is 4.02. The summed E-state index contributed by atoms with van der Waals surface area (Å²) in [6, 6.07) is 4.48. The van der Waals surface area contributed by atoms with Gasteiger partial charge in [0.05, 0.1) is 5.56 Å². The smallest absolute Gasteiger partial charge is 0.249 e. The number of pyridine rings is 1. The highest BCUT2D eigenvalue weighted by atomic mass is 16.4. The molecule has 0 spiro atoms. The van der Waals surface area contributed by atoms with E-state index in [0.717, 1.165) is 24.6 Å². The first-order chi connectivity index (χ1) is 8.42. The molecule has 1 aliphatic rings. The third-order valence-corrected chi connectivity index (χ3v) is 2.72. The van der Waals surface area contributed by atoms with Crippen LogP contribution in [0.15, 0.2) is 28.9 Å². The van der Waals surface area contributed by atoms with Crippen LogP contribution in [-0.2, 0) is 6.42 Å². The van der Waals surface area contributed by atoms with Crippen LogP contribution in [-0.4, -0.2) is 27.8 Å². The Morgan fingerprint density at radius 1 is 1.35 bits per heavy atom. The van der Waals surface area contributed by atoms with Gasteiger partial charge in [-0.05, 0) is 25.0 Å². The van der Waals surface area contributed by atoms with E-state index >= 15 is 0 Å². The van der Waals surface area contributed by atoms with Crippen molar-refractivity contribution in [2.24, 2.45) is 0 Å². The summed E-state index contributed by atoms with van der Waals surface area (Å²) < 4.78 is 5.57. The Labute approximate surface area is 99.3 Å². The molecule has 2 heterocycles. The van der Waals surface area contributed by atoms with Crippen molar-refractivity contribution in [3.63, 3.8) is 0 Å². The SMILES string of the molecule is c1cncc(-c2nnc(CCNC3CC3)o2)c1. The van der Waals surface area contributed by atoms with E-state index in [1.54, 1.807) is 12.4 Å². The molecule has 17 heavy (non-hydrogen) atoms. The van der Waals surface area contributed by atoms with Gasteiger partial charge in [-0.2, -0.15) is 0 Å². The molecule has 1 aliphatic carbocycles. The largest absolute Gasteiger partial charge is 0.421 e. The molecule has 1 saturated carbocycles. The Kier molecular flexibility index (Phi) is 2.83. The van der Waals surface area contributed by atoms with E-state index in [-0.39, 0.29) is 0 Å². The molecule has 0 aliphatic heterocycles. The van der Waals surface area contributed by atoms with E-state index in [1.165, 1.54) is 12.8 Å². The maximum atomic E-state index is 5.57. The first-order valence-electron chi connectivity index (χ1n) is 5.88. The lowest BCUT2D eigenvalue weighted by atomic mass is 10.3. The second-order valence-electron chi connectivity index (χ2n) is 4.22. The zero-order chi connectivity index (χ0) is 11.5. The van der Waals surface area contributed by atoms with Crippen LogP contribution < -0.4 is 5.32 Å². The van der Waals surface area contributed by atoms with Crippen molar-refractivity contribution in [1.29, 1.82) is 0 Å². The van der Waals surface area contributed by atoms with Crippen molar-refractivity contribution in [2.75, 3.05) is 6.54 Å². The van der Waals surface area contributed by atoms with Crippen LogP contribution in [0.5, 0.6) is 0 Å². The third kappa shape index (κ3) is 2.68. The fourth-order valence-corrected chi connectivity index (χ4v) is 1.63. The highest BCUT2D eigenvalue weighted by molar-refractivity contribution is 5.49. The second kappa shape index (κ2) is 4.63. The van der Waals surface area contributed by atoms with Crippen LogP contribution in [0.3, 0.4) is 0 Å². The van der Waals surface area contributed by atoms with E-state index in [1.807, 2.05) is 12.1 Å². The van der Waals surface area contributed by atoms with E-state index < -0.39 is 0 Å². The van der Waals surface area contributed by atoms with Crippen LogP contribution in [0.1, 0.15) is 18.7 Å². The predicted molar refractivity (Wildman–Crippen MR) is 62.3 cm³/mol. The quantitative estimate of drug-likeness (QED) is 0.841. The normalized spacial score (nSPS) is 15.1. The van der Waals surface area contributed by atoms with E-state index in [4.69, 9.17) is 4.42 Å². The molecule has 0 bridgehead atoms. The van der Waals surface area contributed by atoms with E-state index in [9.17, 15) is 0 Å². The zero-order valence-corrected chi connectivity index (χ0v) is 9.47. The highest BCUT2D eigenvalue weighted by Gasteiger charge is 2.20.